The molecule has 2 aromatic rings. The zero-order valence-electron chi connectivity index (χ0n) is 14.2. The van der Waals surface area contributed by atoms with Gasteiger partial charge in [-0.2, -0.15) is 0 Å². The minimum absolute atomic E-state index is 0.0676. The van der Waals surface area contributed by atoms with Crippen LogP contribution in [0.5, 0.6) is 0 Å². The zero-order valence-corrected chi connectivity index (χ0v) is 14.2. The zero-order chi connectivity index (χ0) is 16.9. The summed E-state index contributed by atoms with van der Waals surface area (Å²) in [5.74, 6) is 1.77. The van der Waals surface area contributed by atoms with Crippen LogP contribution in [0.2, 0.25) is 0 Å². The van der Waals surface area contributed by atoms with E-state index in [2.05, 4.69) is 25.2 Å². The first-order chi connectivity index (χ1) is 12.4. The second kappa shape index (κ2) is 7.76. The molecule has 0 aliphatic carbocycles. The molecule has 0 spiro atoms. The molecule has 1 unspecified atom stereocenters. The Morgan fingerprint density at radius 3 is 2.72 bits per heavy atom. The Labute approximate surface area is 147 Å². The molecule has 25 heavy (non-hydrogen) atoms. The summed E-state index contributed by atoms with van der Waals surface area (Å²) in [5, 5.41) is 3.36. The Hall–Kier alpha value is -2.25. The molecule has 2 aliphatic rings. The fourth-order valence-electron chi connectivity index (χ4n) is 3.24. The van der Waals surface area contributed by atoms with Crippen LogP contribution in [-0.4, -0.2) is 47.9 Å². The van der Waals surface area contributed by atoms with E-state index in [1.54, 1.807) is 6.33 Å². The number of aromatic nitrogens is 3. The number of hydrogen-bond donors (Lipinski definition) is 1. The van der Waals surface area contributed by atoms with Crippen molar-refractivity contribution in [1.82, 2.24) is 15.0 Å². The SMILES string of the molecule is c1ncc(C2CCCCO2)c(Nc2ccc(N3CCOCC3)nc2)n1. The third kappa shape index (κ3) is 3.88. The van der Waals surface area contributed by atoms with Crippen molar-refractivity contribution in [2.24, 2.45) is 0 Å². The van der Waals surface area contributed by atoms with Gasteiger partial charge in [-0.1, -0.05) is 0 Å². The van der Waals surface area contributed by atoms with Crippen molar-refractivity contribution < 1.29 is 9.47 Å². The summed E-state index contributed by atoms with van der Waals surface area (Å²) >= 11 is 0. The van der Waals surface area contributed by atoms with Crippen LogP contribution in [-0.2, 0) is 9.47 Å². The molecule has 7 heteroatoms. The van der Waals surface area contributed by atoms with Gasteiger partial charge in [0.05, 0.1) is 31.2 Å². The number of ether oxygens (including phenoxy) is 2. The van der Waals surface area contributed by atoms with Crippen LogP contribution in [0.3, 0.4) is 0 Å². The minimum atomic E-state index is 0.0676. The number of pyridine rings is 1. The smallest absolute Gasteiger partial charge is 0.139 e. The van der Waals surface area contributed by atoms with Crippen LogP contribution in [0, 0.1) is 0 Å². The third-order valence-corrected chi connectivity index (χ3v) is 4.61. The minimum Gasteiger partial charge on any atom is -0.378 e. The number of nitrogens with zero attached hydrogens (tertiary/aromatic N) is 4. The van der Waals surface area contributed by atoms with E-state index >= 15 is 0 Å². The molecule has 0 amide bonds. The van der Waals surface area contributed by atoms with Gasteiger partial charge in [0.25, 0.3) is 0 Å². The number of morpholine rings is 1. The third-order valence-electron chi connectivity index (χ3n) is 4.61. The van der Waals surface area contributed by atoms with Gasteiger partial charge >= 0.3 is 0 Å². The van der Waals surface area contributed by atoms with Gasteiger partial charge in [-0.25, -0.2) is 15.0 Å². The van der Waals surface area contributed by atoms with Crippen LogP contribution in [0.4, 0.5) is 17.3 Å². The molecule has 7 nitrogen and oxygen atoms in total. The molecule has 132 valence electrons. The number of rotatable bonds is 4. The fourth-order valence-corrected chi connectivity index (χ4v) is 3.24. The van der Waals surface area contributed by atoms with E-state index in [0.29, 0.717) is 0 Å². The van der Waals surface area contributed by atoms with Crippen LogP contribution in [0.15, 0.2) is 30.9 Å². The molecule has 0 radical (unpaired) electrons. The second-order valence-corrected chi connectivity index (χ2v) is 6.31. The van der Waals surface area contributed by atoms with Crippen molar-refractivity contribution in [3.8, 4) is 0 Å². The second-order valence-electron chi connectivity index (χ2n) is 6.31. The molecule has 1 N–H and O–H groups in total. The summed E-state index contributed by atoms with van der Waals surface area (Å²) in [6.45, 7) is 4.08. The maximum atomic E-state index is 5.89. The molecule has 0 aromatic carbocycles. The van der Waals surface area contributed by atoms with Crippen molar-refractivity contribution in [3.63, 3.8) is 0 Å². The van der Waals surface area contributed by atoms with Gasteiger partial charge in [0.1, 0.15) is 18.0 Å². The fraction of sp³-hybridized carbons (Fsp3) is 0.500. The number of anilines is 3. The maximum Gasteiger partial charge on any atom is 0.139 e. The lowest BCUT2D eigenvalue weighted by molar-refractivity contribution is 0.0150. The van der Waals surface area contributed by atoms with Gasteiger partial charge in [-0.05, 0) is 31.4 Å². The van der Waals surface area contributed by atoms with Crippen LogP contribution in [0.1, 0.15) is 30.9 Å². The van der Waals surface area contributed by atoms with Crippen LogP contribution >= 0.6 is 0 Å². The quantitative estimate of drug-likeness (QED) is 0.916. The average molecular weight is 341 g/mol. The van der Waals surface area contributed by atoms with Gasteiger partial charge in [0.15, 0.2) is 0 Å². The van der Waals surface area contributed by atoms with Crippen LogP contribution in [0.25, 0.3) is 0 Å². The van der Waals surface area contributed by atoms with Crippen molar-refractivity contribution in [2.45, 2.75) is 25.4 Å². The van der Waals surface area contributed by atoms with E-state index in [9.17, 15) is 0 Å². The standard InChI is InChI=1S/C18H23N5O2/c1-2-8-25-16(3-1)15-12-19-13-21-18(15)22-14-4-5-17(20-11-14)23-6-9-24-10-7-23/h4-5,11-13,16H,1-3,6-10H2,(H,19,21,22). The van der Waals surface area contributed by atoms with Crippen LogP contribution < -0.4 is 10.2 Å². The molecule has 0 saturated carbocycles. The van der Waals surface area contributed by atoms with E-state index in [-0.39, 0.29) is 6.10 Å². The molecule has 0 bridgehead atoms. The van der Waals surface area contributed by atoms with Gasteiger partial charge in [-0.15, -0.1) is 0 Å². The van der Waals surface area contributed by atoms with Crippen molar-refractivity contribution >= 4 is 17.3 Å². The summed E-state index contributed by atoms with van der Waals surface area (Å²) in [6, 6.07) is 4.07. The lowest BCUT2D eigenvalue weighted by atomic mass is 10.0. The predicted octanol–water partition coefficient (Wildman–Crippen LogP) is 2.69. The molecule has 2 aromatic heterocycles. The van der Waals surface area contributed by atoms with Gasteiger partial charge in [0.2, 0.25) is 0 Å². The summed E-state index contributed by atoms with van der Waals surface area (Å²) in [7, 11) is 0. The molecule has 1 atom stereocenters. The molecular formula is C18H23N5O2. The molecule has 2 saturated heterocycles. The Kier molecular flexibility index (Phi) is 5.03. The lowest BCUT2D eigenvalue weighted by Crippen LogP contribution is -2.36. The first-order valence-electron chi connectivity index (χ1n) is 8.87. The molecule has 4 rings (SSSR count). The first-order valence-corrected chi connectivity index (χ1v) is 8.87. The van der Waals surface area contributed by atoms with Crippen molar-refractivity contribution in [2.75, 3.05) is 43.1 Å². The lowest BCUT2D eigenvalue weighted by Gasteiger charge is -2.27. The predicted molar refractivity (Wildman–Crippen MR) is 95.1 cm³/mol. The molecular weight excluding hydrogens is 318 g/mol. The van der Waals surface area contributed by atoms with E-state index in [1.165, 1.54) is 6.42 Å². The Morgan fingerprint density at radius 2 is 1.96 bits per heavy atom. The number of hydrogen-bond acceptors (Lipinski definition) is 7. The van der Waals surface area contributed by atoms with Gasteiger partial charge < -0.3 is 19.7 Å². The highest BCUT2D eigenvalue weighted by molar-refractivity contribution is 5.60. The van der Waals surface area contributed by atoms with E-state index in [1.807, 2.05) is 24.5 Å². The van der Waals surface area contributed by atoms with E-state index < -0.39 is 0 Å². The maximum absolute atomic E-state index is 5.89. The van der Waals surface area contributed by atoms with E-state index in [4.69, 9.17) is 9.47 Å². The normalized spacial score (nSPS) is 21.1. The highest BCUT2D eigenvalue weighted by atomic mass is 16.5. The molecule has 4 heterocycles. The monoisotopic (exact) mass is 341 g/mol. The van der Waals surface area contributed by atoms with Crippen molar-refractivity contribution in [1.29, 1.82) is 0 Å². The summed E-state index contributed by atoms with van der Waals surface area (Å²) < 4.78 is 11.3. The Bertz CT molecular complexity index is 682. The Balaban J connectivity index is 1.48. The summed E-state index contributed by atoms with van der Waals surface area (Å²) in [6.07, 6.45) is 8.63. The topological polar surface area (TPSA) is 72.4 Å². The van der Waals surface area contributed by atoms with Gasteiger partial charge in [-0.3, -0.25) is 0 Å². The summed E-state index contributed by atoms with van der Waals surface area (Å²) in [5.41, 5.74) is 1.92. The number of nitrogens with one attached hydrogen (secondary N) is 1. The van der Waals surface area contributed by atoms with E-state index in [0.717, 1.165) is 68.6 Å². The van der Waals surface area contributed by atoms with Crippen molar-refractivity contribution in [3.05, 3.63) is 36.4 Å². The Morgan fingerprint density at radius 1 is 1.04 bits per heavy atom. The largest absolute Gasteiger partial charge is 0.378 e. The molecule has 2 aliphatic heterocycles. The summed E-state index contributed by atoms with van der Waals surface area (Å²) in [4.78, 5) is 15.4. The highest BCUT2D eigenvalue weighted by Crippen LogP contribution is 2.32. The highest BCUT2D eigenvalue weighted by Gasteiger charge is 2.20. The van der Waals surface area contributed by atoms with Gasteiger partial charge in [0, 0.05) is 31.5 Å². The molecule has 2 fully saturated rings. The average Bonchev–Trinajstić information content (AvgIpc) is 2.70. The first kappa shape index (κ1) is 16.2.